The fourth-order valence-corrected chi connectivity index (χ4v) is 2.46. The number of nitro groups is 1. The number of para-hydroxylation sites is 2. The second kappa shape index (κ2) is 8.59. The summed E-state index contributed by atoms with van der Waals surface area (Å²) >= 11 is 0. The van der Waals surface area contributed by atoms with Gasteiger partial charge in [-0.1, -0.05) is 26.0 Å². The van der Waals surface area contributed by atoms with Gasteiger partial charge >= 0.3 is 0 Å². The summed E-state index contributed by atoms with van der Waals surface area (Å²) in [5, 5.41) is 18.2. The molecule has 0 aliphatic rings. The lowest BCUT2D eigenvalue weighted by Crippen LogP contribution is -2.53. The van der Waals surface area contributed by atoms with E-state index in [4.69, 9.17) is 5.73 Å². The summed E-state index contributed by atoms with van der Waals surface area (Å²) in [5.41, 5.74) is 5.73. The molecule has 0 radical (unpaired) electrons. The lowest BCUT2D eigenvalue weighted by Gasteiger charge is -2.31. The molecular formula is C16H22ClN5O3. The predicted molar refractivity (Wildman–Crippen MR) is 97.3 cm³/mol. The highest BCUT2D eigenvalue weighted by Gasteiger charge is 2.28. The van der Waals surface area contributed by atoms with Crippen molar-refractivity contribution in [3.05, 3.63) is 52.3 Å². The smallest absolute Gasteiger partial charge is 0.294 e. The third kappa shape index (κ3) is 4.34. The number of nitrogens with zero attached hydrogens (tertiary/aromatic N) is 3. The van der Waals surface area contributed by atoms with Crippen molar-refractivity contribution in [1.82, 2.24) is 15.1 Å². The second-order valence-electron chi connectivity index (χ2n) is 5.54. The Morgan fingerprint density at radius 1 is 1.32 bits per heavy atom. The number of carbonyl (C=O) groups is 1. The molecule has 0 spiro atoms. The summed E-state index contributed by atoms with van der Waals surface area (Å²) in [7, 11) is 0. The summed E-state index contributed by atoms with van der Waals surface area (Å²) < 4.78 is 1.33. The SMILES string of the molecule is CCC(CC)(CN)NC(=O)c1ccn(-c2ccccc2[N+](=O)[O-])n1.Cl. The summed E-state index contributed by atoms with van der Waals surface area (Å²) in [6, 6.07) is 7.76. The van der Waals surface area contributed by atoms with Crippen molar-refractivity contribution in [3.63, 3.8) is 0 Å². The van der Waals surface area contributed by atoms with E-state index in [0.717, 1.165) is 0 Å². The average molecular weight is 368 g/mol. The zero-order valence-corrected chi connectivity index (χ0v) is 15.0. The van der Waals surface area contributed by atoms with E-state index in [9.17, 15) is 14.9 Å². The fraction of sp³-hybridized carbons (Fsp3) is 0.375. The van der Waals surface area contributed by atoms with Crippen LogP contribution in [0.4, 0.5) is 5.69 Å². The number of nitrogens with two attached hydrogens (primary N) is 1. The Labute approximate surface area is 152 Å². The zero-order valence-electron chi connectivity index (χ0n) is 14.1. The van der Waals surface area contributed by atoms with Gasteiger partial charge < -0.3 is 11.1 Å². The first-order valence-corrected chi connectivity index (χ1v) is 7.78. The minimum absolute atomic E-state index is 0. The molecular weight excluding hydrogens is 346 g/mol. The van der Waals surface area contributed by atoms with E-state index in [1.54, 1.807) is 18.2 Å². The lowest BCUT2D eigenvalue weighted by atomic mass is 9.93. The number of nitro benzene ring substituents is 1. The first-order valence-electron chi connectivity index (χ1n) is 7.78. The van der Waals surface area contributed by atoms with Crippen LogP contribution in [0.3, 0.4) is 0 Å². The van der Waals surface area contributed by atoms with Crippen molar-refractivity contribution >= 4 is 24.0 Å². The molecule has 9 heteroatoms. The van der Waals surface area contributed by atoms with Crippen LogP contribution in [-0.2, 0) is 0 Å². The molecule has 0 aliphatic carbocycles. The van der Waals surface area contributed by atoms with Crippen LogP contribution in [0.25, 0.3) is 5.69 Å². The quantitative estimate of drug-likeness (QED) is 0.576. The highest BCUT2D eigenvalue weighted by Crippen LogP contribution is 2.22. The fourth-order valence-electron chi connectivity index (χ4n) is 2.46. The van der Waals surface area contributed by atoms with E-state index >= 15 is 0 Å². The standard InChI is InChI=1S/C16H21N5O3.ClH/c1-3-16(4-2,11-17)18-15(22)12-9-10-20(19-12)13-7-5-6-8-14(13)21(23)24;/h5-10H,3-4,11,17H2,1-2H3,(H,18,22);1H. The third-order valence-corrected chi connectivity index (χ3v) is 4.27. The first kappa shape index (κ1) is 20.6. The monoisotopic (exact) mass is 367 g/mol. The van der Waals surface area contributed by atoms with Crippen molar-refractivity contribution in [1.29, 1.82) is 0 Å². The maximum Gasteiger partial charge on any atom is 0.294 e. The van der Waals surface area contributed by atoms with Crippen LogP contribution in [0.1, 0.15) is 37.2 Å². The molecule has 0 saturated heterocycles. The van der Waals surface area contributed by atoms with Crippen LogP contribution in [0.15, 0.2) is 36.5 Å². The van der Waals surface area contributed by atoms with Gasteiger partial charge in [-0.3, -0.25) is 14.9 Å². The van der Waals surface area contributed by atoms with Gasteiger partial charge in [-0.05, 0) is 25.0 Å². The number of amides is 1. The molecule has 1 aromatic carbocycles. The molecule has 2 aromatic rings. The molecule has 0 bridgehead atoms. The largest absolute Gasteiger partial charge is 0.344 e. The summed E-state index contributed by atoms with van der Waals surface area (Å²) in [5.74, 6) is -0.346. The van der Waals surface area contributed by atoms with Gasteiger partial charge in [0, 0.05) is 18.8 Å². The van der Waals surface area contributed by atoms with E-state index in [1.165, 1.54) is 23.0 Å². The normalized spacial score (nSPS) is 10.8. The van der Waals surface area contributed by atoms with Gasteiger partial charge in [0.05, 0.1) is 10.5 Å². The molecule has 1 aromatic heterocycles. The summed E-state index contributed by atoms with van der Waals surface area (Å²) in [6.45, 7) is 4.25. The van der Waals surface area contributed by atoms with E-state index in [0.29, 0.717) is 25.1 Å². The zero-order chi connectivity index (χ0) is 17.7. The number of hydrogen-bond donors (Lipinski definition) is 2. The highest BCUT2D eigenvalue weighted by atomic mass is 35.5. The molecule has 1 heterocycles. The van der Waals surface area contributed by atoms with Crippen molar-refractivity contribution in [3.8, 4) is 5.69 Å². The molecule has 0 saturated carbocycles. The Balaban J connectivity index is 0.00000312. The van der Waals surface area contributed by atoms with Gasteiger partial charge in [-0.2, -0.15) is 5.10 Å². The third-order valence-electron chi connectivity index (χ3n) is 4.27. The average Bonchev–Trinajstić information content (AvgIpc) is 3.10. The van der Waals surface area contributed by atoms with E-state index in [-0.39, 0.29) is 29.7 Å². The number of halogens is 1. The van der Waals surface area contributed by atoms with Gasteiger partial charge in [0.2, 0.25) is 0 Å². The molecule has 0 unspecified atom stereocenters. The molecule has 2 rings (SSSR count). The first-order chi connectivity index (χ1) is 11.5. The number of nitrogens with one attached hydrogen (secondary N) is 1. The topological polar surface area (TPSA) is 116 Å². The van der Waals surface area contributed by atoms with Gasteiger partial charge in [0.1, 0.15) is 5.69 Å². The van der Waals surface area contributed by atoms with Crippen molar-refractivity contribution in [2.45, 2.75) is 32.2 Å². The van der Waals surface area contributed by atoms with E-state index in [1.807, 2.05) is 13.8 Å². The summed E-state index contributed by atoms with van der Waals surface area (Å²) in [4.78, 5) is 23.1. The Morgan fingerprint density at radius 3 is 2.52 bits per heavy atom. The Bertz CT molecular complexity index is 735. The molecule has 136 valence electrons. The summed E-state index contributed by atoms with van der Waals surface area (Å²) in [6.07, 6.45) is 2.94. The van der Waals surface area contributed by atoms with Crippen molar-refractivity contribution in [2.75, 3.05) is 6.54 Å². The van der Waals surface area contributed by atoms with E-state index in [2.05, 4.69) is 10.4 Å². The lowest BCUT2D eigenvalue weighted by molar-refractivity contribution is -0.384. The molecule has 0 fully saturated rings. The maximum atomic E-state index is 12.4. The molecule has 0 aliphatic heterocycles. The number of benzene rings is 1. The second-order valence-corrected chi connectivity index (χ2v) is 5.54. The van der Waals surface area contributed by atoms with Gasteiger partial charge in [-0.15, -0.1) is 12.4 Å². The molecule has 1 amide bonds. The molecule has 3 N–H and O–H groups in total. The van der Waals surface area contributed by atoms with Crippen LogP contribution in [-0.4, -0.2) is 32.7 Å². The number of aromatic nitrogens is 2. The highest BCUT2D eigenvalue weighted by molar-refractivity contribution is 5.92. The number of carbonyl (C=O) groups excluding carboxylic acids is 1. The number of hydrogen-bond acceptors (Lipinski definition) is 5. The van der Waals surface area contributed by atoms with Gasteiger partial charge in [0.15, 0.2) is 5.69 Å². The van der Waals surface area contributed by atoms with Crippen LogP contribution in [0.2, 0.25) is 0 Å². The van der Waals surface area contributed by atoms with Crippen LogP contribution in [0, 0.1) is 10.1 Å². The predicted octanol–water partition coefficient (Wildman–Crippen LogP) is 2.45. The van der Waals surface area contributed by atoms with Gasteiger partial charge in [0.25, 0.3) is 11.6 Å². The van der Waals surface area contributed by atoms with Crippen LogP contribution in [0.5, 0.6) is 0 Å². The van der Waals surface area contributed by atoms with Crippen LogP contribution >= 0.6 is 12.4 Å². The van der Waals surface area contributed by atoms with Gasteiger partial charge in [-0.25, -0.2) is 4.68 Å². The Hall–Kier alpha value is -2.45. The molecule has 0 atom stereocenters. The minimum atomic E-state index is -0.482. The van der Waals surface area contributed by atoms with Crippen molar-refractivity contribution in [2.24, 2.45) is 5.73 Å². The van der Waals surface area contributed by atoms with Crippen LogP contribution < -0.4 is 11.1 Å². The molecule has 8 nitrogen and oxygen atoms in total. The molecule has 25 heavy (non-hydrogen) atoms. The minimum Gasteiger partial charge on any atom is -0.344 e. The maximum absolute atomic E-state index is 12.4. The number of rotatable bonds is 7. The Morgan fingerprint density at radius 2 is 1.96 bits per heavy atom. The van der Waals surface area contributed by atoms with Crippen molar-refractivity contribution < 1.29 is 9.72 Å². The van der Waals surface area contributed by atoms with E-state index < -0.39 is 10.5 Å². The Kier molecular flexibility index (Phi) is 7.08.